The highest BCUT2D eigenvalue weighted by atomic mass is 32.1. The lowest BCUT2D eigenvalue weighted by atomic mass is 10.0. The van der Waals surface area contributed by atoms with Gasteiger partial charge in [-0.05, 0) is 59.6 Å². The fourth-order valence-corrected chi connectivity index (χ4v) is 4.86. The van der Waals surface area contributed by atoms with E-state index in [2.05, 4.69) is 27.5 Å². The molecule has 2 aromatic rings. The number of halogens is 2. The molecule has 3 rings (SSSR count). The van der Waals surface area contributed by atoms with Crippen LogP contribution in [0.5, 0.6) is 0 Å². The van der Waals surface area contributed by atoms with E-state index in [0.717, 1.165) is 28.2 Å². The summed E-state index contributed by atoms with van der Waals surface area (Å²) in [5.41, 5.74) is 0.159. The van der Waals surface area contributed by atoms with E-state index in [0.29, 0.717) is 16.3 Å². The third kappa shape index (κ3) is 6.18. The van der Waals surface area contributed by atoms with E-state index < -0.39 is 48.4 Å². The monoisotopic (exact) mass is 523 g/mol. The van der Waals surface area contributed by atoms with Crippen LogP contribution in [-0.4, -0.2) is 68.0 Å². The molecular formula is C25H35F2N5O3S. The maximum absolute atomic E-state index is 14.1. The highest BCUT2D eigenvalue weighted by Gasteiger charge is 2.46. The number of anilines is 1. The van der Waals surface area contributed by atoms with E-state index >= 15 is 0 Å². The third-order valence-corrected chi connectivity index (χ3v) is 7.67. The van der Waals surface area contributed by atoms with Crippen molar-refractivity contribution >= 4 is 29.0 Å². The number of nitrogens with zero attached hydrogens (tertiary/aromatic N) is 3. The summed E-state index contributed by atoms with van der Waals surface area (Å²) < 4.78 is 28.1. The summed E-state index contributed by atoms with van der Waals surface area (Å²) >= 11 is 1.000. The Labute approximate surface area is 214 Å². The van der Waals surface area contributed by atoms with E-state index in [1.807, 2.05) is 19.9 Å². The summed E-state index contributed by atoms with van der Waals surface area (Å²) in [6.45, 7) is 11.6. The zero-order chi connectivity index (χ0) is 27.0. The Bertz CT molecular complexity index is 1130. The quantitative estimate of drug-likeness (QED) is 0.471. The van der Waals surface area contributed by atoms with Gasteiger partial charge >= 0.3 is 0 Å². The summed E-state index contributed by atoms with van der Waals surface area (Å²) in [6.07, 6.45) is 2.09. The van der Waals surface area contributed by atoms with Crippen LogP contribution in [0.25, 0.3) is 10.4 Å². The second kappa shape index (κ2) is 10.4. The fourth-order valence-electron chi connectivity index (χ4n) is 3.83. The molecule has 0 spiro atoms. The van der Waals surface area contributed by atoms with Crippen molar-refractivity contribution in [1.82, 2.24) is 20.2 Å². The van der Waals surface area contributed by atoms with Crippen molar-refractivity contribution in [2.75, 3.05) is 11.9 Å². The van der Waals surface area contributed by atoms with Gasteiger partial charge in [0.15, 0.2) is 5.01 Å². The number of hydrogen-bond donors (Lipinski definition) is 3. The van der Waals surface area contributed by atoms with Gasteiger partial charge in [0.25, 0.3) is 17.7 Å². The molecule has 198 valence electrons. The van der Waals surface area contributed by atoms with Crippen LogP contribution in [0.3, 0.4) is 0 Å². The molecule has 3 N–H and O–H groups in total. The van der Waals surface area contributed by atoms with Crippen LogP contribution in [-0.2, 0) is 0 Å². The molecule has 0 aliphatic carbocycles. The molecule has 1 saturated heterocycles. The van der Waals surface area contributed by atoms with Gasteiger partial charge in [-0.25, -0.2) is 18.7 Å². The van der Waals surface area contributed by atoms with Gasteiger partial charge in [0.2, 0.25) is 0 Å². The molecule has 0 unspecified atom stereocenters. The lowest BCUT2D eigenvalue weighted by Crippen LogP contribution is -2.47. The Balaban J connectivity index is 2.03. The number of pyridine rings is 1. The first kappa shape index (κ1) is 27.9. The largest absolute Gasteiger partial charge is 0.388 e. The number of alkyl halides is 2. The van der Waals surface area contributed by atoms with Crippen molar-refractivity contribution in [3.05, 3.63) is 28.5 Å². The van der Waals surface area contributed by atoms with Crippen molar-refractivity contribution in [3.63, 3.8) is 0 Å². The third-order valence-electron chi connectivity index (χ3n) is 6.58. The molecule has 2 aromatic heterocycles. The van der Waals surface area contributed by atoms with Crippen LogP contribution < -0.4 is 10.6 Å². The molecule has 0 aromatic carbocycles. The Morgan fingerprint density at radius 1 is 1.36 bits per heavy atom. The summed E-state index contributed by atoms with van der Waals surface area (Å²) in [4.78, 5) is 36.7. The average molecular weight is 524 g/mol. The number of aliphatic hydroxyl groups is 1. The van der Waals surface area contributed by atoms with Gasteiger partial charge in [-0.15, -0.1) is 11.3 Å². The van der Waals surface area contributed by atoms with Crippen LogP contribution in [0.4, 0.5) is 14.6 Å². The van der Waals surface area contributed by atoms with Gasteiger partial charge in [-0.2, -0.15) is 0 Å². The first-order valence-corrected chi connectivity index (χ1v) is 12.9. The number of nitrogens with one attached hydrogen (secondary N) is 2. The van der Waals surface area contributed by atoms with E-state index in [1.54, 1.807) is 33.9 Å². The molecule has 36 heavy (non-hydrogen) atoms. The number of aromatic nitrogens is 2. The summed E-state index contributed by atoms with van der Waals surface area (Å²) in [7, 11) is 0. The van der Waals surface area contributed by atoms with Crippen LogP contribution in [0.1, 0.15) is 80.2 Å². The Hall–Kier alpha value is -2.66. The molecule has 1 aliphatic heterocycles. The van der Waals surface area contributed by atoms with E-state index in [1.165, 1.54) is 0 Å². The lowest BCUT2D eigenvalue weighted by Gasteiger charge is -2.26. The molecule has 1 aliphatic rings. The minimum absolute atomic E-state index is 0.00395. The number of likely N-dealkylation sites (tertiary alicyclic amines) is 1. The standard InChI is InChI=1S/C25H35F2N5O3S/c1-8-14(3)29-18-9-13(2)17(11-28-18)20-19(23(34)32-12-25(26,27)10-15(32)4)31-22(36-20)21(33)30-16(5)24(6,7)35/h9,11,14-16,35H,8,10,12H2,1-7H3,(H,28,29)(H,30,33)/t14-,15+,16+/m1/s1. The van der Waals surface area contributed by atoms with Crippen molar-refractivity contribution in [2.24, 2.45) is 0 Å². The van der Waals surface area contributed by atoms with Crippen LogP contribution >= 0.6 is 11.3 Å². The SMILES string of the molecule is CC[C@@H](C)Nc1cc(C)c(-c2sc(C(=O)N[C@@H](C)C(C)(C)O)nc2C(=O)N2CC(F)(F)C[C@@H]2C)cn1. The smallest absolute Gasteiger partial charge is 0.280 e. The van der Waals surface area contributed by atoms with Crippen molar-refractivity contribution in [3.8, 4) is 10.4 Å². The Kier molecular flexibility index (Phi) is 8.04. The molecule has 3 atom stereocenters. The molecule has 1 fully saturated rings. The number of thiazole rings is 1. The molecule has 2 amide bonds. The average Bonchev–Trinajstić information content (AvgIpc) is 3.32. The van der Waals surface area contributed by atoms with Gasteiger partial charge < -0.3 is 20.6 Å². The van der Waals surface area contributed by atoms with Crippen LogP contribution in [0.2, 0.25) is 0 Å². The molecule has 11 heteroatoms. The second-order valence-corrected chi connectivity index (χ2v) is 11.2. The van der Waals surface area contributed by atoms with E-state index in [-0.39, 0.29) is 16.7 Å². The predicted octanol–water partition coefficient (Wildman–Crippen LogP) is 4.48. The van der Waals surface area contributed by atoms with Crippen molar-refractivity contribution in [1.29, 1.82) is 0 Å². The number of carbonyl (C=O) groups excluding carboxylic acids is 2. The van der Waals surface area contributed by atoms with Gasteiger partial charge in [0.05, 0.1) is 23.1 Å². The summed E-state index contributed by atoms with van der Waals surface area (Å²) in [5.74, 6) is -3.51. The van der Waals surface area contributed by atoms with Gasteiger partial charge in [-0.3, -0.25) is 9.59 Å². The molecule has 8 nitrogen and oxygen atoms in total. The van der Waals surface area contributed by atoms with E-state index in [9.17, 15) is 23.5 Å². The number of carbonyl (C=O) groups is 2. The van der Waals surface area contributed by atoms with Crippen molar-refractivity contribution in [2.45, 2.75) is 91.0 Å². The highest BCUT2D eigenvalue weighted by molar-refractivity contribution is 7.17. The van der Waals surface area contributed by atoms with Crippen molar-refractivity contribution < 1.29 is 23.5 Å². The Morgan fingerprint density at radius 3 is 2.56 bits per heavy atom. The second-order valence-electron chi connectivity index (χ2n) is 10.2. The fraction of sp³-hybridized carbons (Fsp3) is 0.600. The van der Waals surface area contributed by atoms with Gasteiger partial charge in [-0.1, -0.05) is 6.92 Å². The first-order chi connectivity index (χ1) is 16.6. The minimum Gasteiger partial charge on any atom is -0.388 e. The topological polar surface area (TPSA) is 107 Å². The van der Waals surface area contributed by atoms with Crippen LogP contribution in [0, 0.1) is 6.92 Å². The molecule has 0 saturated carbocycles. The van der Waals surface area contributed by atoms with E-state index in [4.69, 9.17) is 0 Å². The maximum atomic E-state index is 14.1. The molecule has 0 radical (unpaired) electrons. The zero-order valence-electron chi connectivity index (χ0n) is 21.8. The summed E-state index contributed by atoms with van der Waals surface area (Å²) in [6, 6.07) is 0.798. The Morgan fingerprint density at radius 2 is 2.03 bits per heavy atom. The number of rotatable bonds is 8. The number of amides is 2. The summed E-state index contributed by atoms with van der Waals surface area (Å²) in [5, 5.41) is 16.2. The lowest BCUT2D eigenvalue weighted by molar-refractivity contribution is 0.0118. The molecular weight excluding hydrogens is 488 g/mol. The molecule has 0 bridgehead atoms. The number of aryl methyl sites for hydroxylation is 1. The normalized spacial score (nSPS) is 19.2. The maximum Gasteiger partial charge on any atom is 0.280 e. The number of hydrogen-bond acceptors (Lipinski definition) is 7. The minimum atomic E-state index is -2.98. The van der Waals surface area contributed by atoms with Gasteiger partial charge in [0, 0.05) is 30.3 Å². The molecule has 3 heterocycles. The highest BCUT2D eigenvalue weighted by Crippen LogP contribution is 2.37. The van der Waals surface area contributed by atoms with Gasteiger partial charge in [0.1, 0.15) is 11.5 Å². The zero-order valence-corrected chi connectivity index (χ0v) is 22.6. The first-order valence-electron chi connectivity index (χ1n) is 12.1. The predicted molar refractivity (Wildman–Crippen MR) is 137 cm³/mol. The van der Waals surface area contributed by atoms with Crippen LogP contribution in [0.15, 0.2) is 12.3 Å².